The first-order valence-electron chi connectivity index (χ1n) is 3.80. The first kappa shape index (κ1) is 7.55. The van der Waals surface area contributed by atoms with Crippen molar-refractivity contribution >= 4 is 0 Å². The molecule has 0 saturated heterocycles. The zero-order valence-corrected chi connectivity index (χ0v) is 6.33. The highest BCUT2D eigenvalue weighted by Crippen LogP contribution is 2.12. The summed E-state index contributed by atoms with van der Waals surface area (Å²) in [5.74, 6) is 0.310. The monoisotopic (exact) mass is 138 g/mol. The van der Waals surface area contributed by atoms with Crippen LogP contribution in [0.25, 0.3) is 0 Å². The van der Waals surface area contributed by atoms with E-state index >= 15 is 0 Å². The summed E-state index contributed by atoms with van der Waals surface area (Å²) >= 11 is 0. The van der Waals surface area contributed by atoms with Crippen molar-refractivity contribution in [1.29, 1.82) is 0 Å². The molecule has 0 amide bonds. The van der Waals surface area contributed by atoms with Gasteiger partial charge in [0.15, 0.2) is 0 Å². The lowest BCUT2D eigenvalue weighted by molar-refractivity contribution is 0.140. The van der Waals surface area contributed by atoms with Crippen LogP contribution < -0.4 is 0 Å². The molecule has 1 heteroatoms. The molecular formula is C9H14O. The lowest BCUT2D eigenvalue weighted by Gasteiger charge is -2.14. The van der Waals surface area contributed by atoms with Crippen molar-refractivity contribution < 1.29 is 5.11 Å². The zero-order valence-electron chi connectivity index (χ0n) is 6.33. The molecule has 1 rings (SSSR count). The summed E-state index contributed by atoms with van der Waals surface area (Å²) in [5, 5.41) is 9.38. The van der Waals surface area contributed by atoms with Crippen LogP contribution >= 0.6 is 0 Å². The van der Waals surface area contributed by atoms with Crippen molar-refractivity contribution in [2.45, 2.75) is 25.9 Å². The Labute approximate surface area is 62.1 Å². The Kier molecular flexibility index (Phi) is 2.69. The molecule has 0 aromatic heterocycles. The van der Waals surface area contributed by atoms with Crippen LogP contribution in [0.4, 0.5) is 0 Å². The third-order valence-corrected chi connectivity index (χ3v) is 1.86. The van der Waals surface area contributed by atoms with Gasteiger partial charge in [-0.05, 0) is 12.8 Å². The Hall–Kier alpha value is -0.560. The van der Waals surface area contributed by atoms with E-state index < -0.39 is 0 Å². The fourth-order valence-electron chi connectivity index (χ4n) is 1.05. The maximum absolute atomic E-state index is 9.38. The topological polar surface area (TPSA) is 20.2 Å². The number of aliphatic hydroxyl groups excluding tert-OH is 1. The standard InChI is InChI=1S/C9H14O/c1-8-6-4-2-3-5-7-9(8)10/h3-6,8-10H,2,7H2,1H3/b5-3-,6-4-/t8?,9-/m0/s1. The quantitative estimate of drug-likeness (QED) is 0.507. The Balaban J connectivity index is 2.54. The Morgan fingerprint density at radius 1 is 1.30 bits per heavy atom. The second kappa shape index (κ2) is 3.57. The summed E-state index contributed by atoms with van der Waals surface area (Å²) in [6.45, 7) is 2.04. The molecule has 1 nitrogen and oxygen atoms in total. The van der Waals surface area contributed by atoms with E-state index in [0.29, 0.717) is 5.92 Å². The first-order valence-corrected chi connectivity index (χ1v) is 3.80. The van der Waals surface area contributed by atoms with Crippen molar-refractivity contribution in [3.8, 4) is 0 Å². The number of allylic oxidation sites excluding steroid dienone is 2. The van der Waals surface area contributed by atoms with Crippen molar-refractivity contribution in [3.63, 3.8) is 0 Å². The number of aliphatic hydroxyl groups is 1. The average Bonchev–Trinajstić information content (AvgIpc) is 1.92. The predicted molar refractivity (Wildman–Crippen MR) is 42.7 cm³/mol. The molecule has 1 N–H and O–H groups in total. The van der Waals surface area contributed by atoms with Gasteiger partial charge in [0.2, 0.25) is 0 Å². The zero-order chi connectivity index (χ0) is 7.40. The molecule has 0 aromatic rings. The van der Waals surface area contributed by atoms with Gasteiger partial charge < -0.3 is 5.11 Å². The van der Waals surface area contributed by atoms with Crippen LogP contribution in [-0.2, 0) is 0 Å². The molecule has 10 heavy (non-hydrogen) atoms. The van der Waals surface area contributed by atoms with Crippen molar-refractivity contribution in [2.24, 2.45) is 5.92 Å². The molecule has 1 unspecified atom stereocenters. The van der Waals surface area contributed by atoms with Crippen molar-refractivity contribution in [3.05, 3.63) is 24.3 Å². The van der Waals surface area contributed by atoms with E-state index in [1.165, 1.54) is 0 Å². The molecule has 0 heterocycles. The summed E-state index contributed by atoms with van der Waals surface area (Å²) in [6.07, 6.45) is 9.93. The van der Waals surface area contributed by atoms with Gasteiger partial charge in [-0.2, -0.15) is 0 Å². The molecule has 0 saturated carbocycles. The molecule has 56 valence electrons. The van der Waals surface area contributed by atoms with E-state index in [2.05, 4.69) is 18.2 Å². The van der Waals surface area contributed by atoms with Gasteiger partial charge in [-0.25, -0.2) is 0 Å². The third kappa shape index (κ3) is 1.99. The Bertz CT molecular complexity index is 147. The normalized spacial score (nSPS) is 39.8. The summed E-state index contributed by atoms with van der Waals surface area (Å²) in [4.78, 5) is 0. The molecule has 1 aliphatic rings. The van der Waals surface area contributed by atoms with Gasteiger partial charge in [-0.15, -0.1) is 0 Å². The summed E-state index contributed by atoms with van der Waals surface area (Å²) in [7, 11) is 0. The van der Waals surface area contributed by atoms with Crippen LogP contribution in [0.5, 0.6) is 0 Å². The van der Waals surface area contributed by atoms with Crippen molar-refractivity contribution in [1.82, 2.24) is 0 Å². The lowest BCUT2D eigenvalue weighted by atomic mass is 9.99. The van der Waals surface area contributed by atoms with Crippen LogP contribution in [0.2, 0.25) is 0 Å². The molecule has 0 aliphatic heterocycles. The third-order valence-electron chi connectivity index (χ3n) is 1.86. The number of hydrogen-bond donors (Lipinski definition) is 1. The van der Waals surface area contributed by atoms with Crippen LogP contribution in [0.15, 0.2) is 24.3 Å². The minimum atomic E-state index is -0.187. The number of rotatable bonds is 0. The fraction of sp³-hybridized carbons (Fsp3) is 0.556. The average molecular weight is 138 g/mol. The smallest absolute Gasteiger partial charge is 0.0634 e. The highest BCUT2D eigenvalue weighted by atomic mass is 16.3. The van der Waals surface area contributed by atoms with E-state index in [0.717, 1.165) is 12.8 Å². The van der Waals surface area contributed by atoms with Gasteiger partial charge in [0.25, 0.3) is 0 Å². The summed E-state index contributed by atoms with van der Waals surface area (Å²) < 4.78 is 0. The van der Waals surface area contributed by atoms with Gasteiger partial charge in [-0.3, -0.25) is 0 Å². The largest absolute Gasteiger partial charge is 0.392 e. The molecule has 0 bridgehead atoms. The highest BCUT2D eigenvalue weighted by molar-refractivity contribution is 5.00. The van der Waals surface area contributed by atoms with E-state index in [-0.39, 0.29) is 6.10 Å². The lowest BCUT2D eigenvalue weighted by Crippen LogP contribution is -2.14. The first-order chi connectivity index (χ1) is 4.80. The van der Waals surface area contributed by atoms with Gasteiger partial charge in [0.1, 0.15) is 0 Å². The minimum absolute atomic E-state index is 0.187. The van der Waals surface area contributed by atoms with Gasteiger partial charge in [0, 0.05) is 5.92 Å². The second-order valence-corrected chi connectivity index (χ2v) is 2.80. The van der Waals surface area contributed by atoms with E-state index in [9.17, 15) is 5.11 Å². The maximum Gasteiger partial charge on any atom is 0.0634 e. The molecule has 0 aromatic carbocycles. The van der Waals surface area contributed by atoms with E-state index in [1.54, 1.807) is 0 Å². The van der Waals surface area contributed by atoms with Gasteiger partial charge >= 0.3 is 0 Å². The van der Waals surface area contributed by atoms with Crippen LogP contribution in [-0.4, -0.2) is 11.2 Å². The highest BCUT2D eigenvalue weighted by Gasteiger charge is 2.09. The Morgan fingerprint density at radius 3 is 2.90 bits per heavy atom. The fourth-order valence-corrected chi connectivity index (χ4v) is 1.05. The SMILES string of the molecule is CC1/C=C\C/C=C\C[C@@H]1O. The maximum atomic E-state index is 9.38. The van der Waals surface area contributed by atoms with E-state index in [1.807, 2.05) is 13.0 Å². The predicted octanol–water partition coefficient (Wildman–Crippen LogP) is 1.89. The van der Waals surface area contributed by atoms with Crippen molar-refractivity contribution in [2.75, 3.05) is 0 Å². The molecular weight excluding hydrogens is 124 g/mol. The summed E-state index contributed by atoms with van der Waals surface area (Å²) in [6, 6.07) is 0. The number of hydrogen-bond acceptors (Lipinski definition) is 1. The Morgan fingerprint density at radius 2 is 2.10 bits per heavy atom. The molecule has 0 fully saturated rings. The molecule has 1 aliphatic carbocycles. The van der Waals surface area contributed by atoms with Crippen LogP contribution in [0.1, 0.15) is 19.8 Å². The minimum Gasteiger partial charge on any atom is -0.392 e. The molecule has 0 radical (unpaired) electrons. The van der Waals surface area contributed by atoms with Crippen LogP contribution in [0, 0.1) is 5.92 Å². The van der Waals surface area contributed by atoms with E-state index in [4.69, 9.17) is 0 Å². The van der Waals surface area contributed by atoms with Gasteiger partial charge in [-0.1, -0.05) is 31.2 Å². The van der Waals surface area contributed by atoms with Crippen LogP contribution in [0.3, 0.4) is 0 Å². The second-order valence-electron chi connectivity index (χ2n) is 2.80. The van der Waals surface area contributed by atoms with Gasteiger partial charge in [0.05, 0.1) is 6.10 Å². The molecule has 2 atom stereocenters. The molecule has 0 spiro atoms. The summed E-state index contributed by atoms with van der Waals surface area (Å²) in [5.41, 5.74) is 0.